The SMILES string of the molecule is Fc1cc(Br)cc(CNCc2csnn2)c1. The predicted octanol–water partition coefficient (Wildman–Crippen LogP) is 2.73. The molecule has 0 atom stereocenters. The van der Waals surface area contributed by atoms with Crippen LogP contribution in [-0.4, -0.2) is 9.59 Å². The molecule has 0 aliphatic carbocycles. The largest absolute Gasteiger partial charge is 0.307 e. The molecule has 0 radical (unpaired) electrons. The van der Waals surface area contributed by atoms with Gasteiger partial charge in [-0.05, 0) is 35.3 Å². The number of hydrogen-bond donors (Lipinski definition) is 1. The fourth-order valence-electron chi connectivity index (χ4n) is 1.31. The Hall–Kier alpha value is -0.850. The zero-order chi connectivity index (χ0) is 11.4. The smallest absolute Gasteiger partial charge is 0.124 e. The van der Waals surface area contributed by atoms with Gasteiger partial charge in [0, 0.05) is 22.9 Å². The Labute approximate surface area is 105 Å². The Balaban J connectivity index is 1.89. The van der Waals surface area contributed by atoms with Crippen molar-refractivity contribution in [3.05, 3.63) is 45.1 Å². The van der Waals surface area contributed by atoms with Crippen molar-refractivity contribution in [2.24, 2.45) is 0 Å². The lowest BCUT2D eigenvalue weighted by atomic mass is 10.2. The Morgan fingerprint density at radius 3 is 2.88 bits per heavy atom. The van der Waals surface area contributed by atoms with E-state index >= 15 is 0 Å². The van der Waals surface area contributed by atoms with E-state index in [1.807, 2.05) is 11.4 Å². The first-order valence-electron chi connectivity index (χ1n) is 4.65. The summed E-state index contributed by atoms with van der Waals surface area (Å²) < 4.78 is 17.6. The van der Waals surface area contributed by atoms with E-state index in [0.29, 0.717) is 13.1 Å². The number of rotatable bonds is 4. The average Bonchev–Trinajstić information content (AvgIpc) is 2.69. The quantitative estimate of drug-likeness (QED) is 0.943. The van der Waals surface area contributed by atoms with Gasteiger partial charge in [0.2, 0.25) is 0 Å². The van der Waals surface area contributed by atoms with Gasteiger partial charge in [0.25, 0.3) is 0 Å². The molecule has 1 aromatic carbocycles. The Morgan fingerprint density at radius 2 is 2.19 bits per heavy atom. The Morgan fingerprint density at radius 1 is 1.31 bits per heavy atom. The van der Waals surface area contributed by atoms with Crippen molar-refractivity contribution >= 4 is 27.5 Å². The van der Waals surface area contributed by atoms with Gasteiger partial charge in [0.1, 0.15) is 5.82 Å². The summed E-state index contributed by atoms with van der Waals surface area (Å²) in [7, 11) is 0. The van der Waals surface area contributed by atoms with Crippen LogP contribution in [0.25, 0.3) is 0 Å². The van der Waals surface area contributed by atoms with E-state index < -0.39 is 0 Å². The van der Waals surface area contributed by atoms with Crippen LogP contribution in [0.1, 0.15) is 11.3 Å². The maximum atomic E-state index is 13.1. The summed E-state index contributed by atoms with van der Waals surface area (Å²) in [6.07, 6.45) is 0. The average molecular weight is 302 g/mol. The lowest BCUT2D eigenvalue weighted by Crippen LogP contribution is -2.13. The molecular weight excluding hydrogens is 293 g/mol. The molecule has 0 saturated carbocycles. The van der Waals surface area contributed by atoms with Crippen molar-refractivity contribution in [3.63, 3.8) is 0 Å². The molecule has 0 fully saturated rings. The topological polar surface area (TPSA) is 37.8 Å². The monoisotopic (exact) mass is 301 g/mol. The lowest BCUT2D eigenvalue weighted by molar-refractivity contribution is 0.618. The highest BCUT2D eigenvalue weighted by atomic mass is 79.9. The van der Waals surface area contributed by atoms with Gasteiger partial charge in [-0.3, -0.25) is 0 Å². The summed E-state index contributed by atoms with van der Waals surface area (Å²) >= 11 is 4.58. The molecule has 0 spiro atoms. The molecule has 0 bridgehead atoms. The summed E-state index contributed by atoms with van der Waals surface area (Å²) in [6.45, 7) is 1.25. The molecule has 1 heterocycles. The van der Waals surface area contributed by atoms with Gasteiger partial charge in [0.15, 0.2) is 0 Å². The first-order valence-corrected chi connectivity index (χ1v) is 6.28. The van der Waals surface area contributed by atoms with Gasteiger partial charge < -0.3 is 5.32 Å². The molecule has 2 aromatic rings. The maximum Gasteiger partial charge on any atom is 0.124 e. The minimum atomic E-state index is -0.235. The molecule has 1 aromatic heterocycles. The van der Waals surface area contributed by atoms with Crippen LogP contribution in [0, 0.1) is 5.82 Å². The molecule has 84 valence electrons. The van der Waals surface area contributed by atoms with E-state index in [2.05, 4.69) is 30.8 Å². The summed E-state index contributed by atoms with van der Waals surface area (Å²) in [4.78, 5) is 0. The molecule has 1 N–H and O–H groups in total. The summed E-state index contributed by atoms with van der Waals surface area (Å²) in [6, 6.07) is 4.83. The van der Waals surface area contributed by atoms with Gasteiger partial charge in [-0.2, -0.15) is 0 Å². The molecule has 6 heteroatoms. The Bertz CT molecular complexity index is 441. The second-order valence-electron chi connectivity index (χ2n) is 3.28. The fraction of sp³-hybridized carbons (Fsp3) is 0.200. The number of halogens is 2. The third-order valence-corrected chi connectivity index (χ3v) is 2.97. The van der Waals surface area contributed by atoms with Crippen molar-refractivity contribution in [1.29, 1.82) is 0 Å². The van der Waals surface area contributed by atoms with E-state index in [9.17, 15) is 4.39 Å². The molecular formula is C10H9BrFN3S. The Kier molecular flexibility index (Phi) is 3.98. The van der Waals surface area contributed by atoms with Crippen molar-refractivity contribution in [3.8, 4) is 0 Å². The van der Waals surface area contributed by atoms with Crippen molar-refractivity contribution < 1.29 is 4.39 Å². The molecule has 0 saturated heterocycles. The highest BCUT2D eigenvalue weighted by Crippen LogP contribution is 2.14. The number of hydrogen-bond acceptors (Lipinski definition) is 4. The second-order valence-corrected chi connectivity index (χ2v) is 4.80. The number of aromatic nitrogens is 2. The van der Waals surface area contributed by atoms with E-state index in [1.165, 1.54) is 23.7 Å². The zero-order valence-electron chi connectivity index (χ0n) is 8.28. The molecule has 0 unspecified atom stereocenters. The van der Waals surface area contributed by atoms with E-state index in [-0.39, 0.29) is 5.82 Å². The third-order valence-electron chi connectivity index (χ3n) is 1.96. The number of benzene rings is 1. The van der Waals surface area contributed by atoms with Crippen LogP contribution in [-0.2, 0) is 13.1 Å². The number of nitrogens with zero attached hydrogens (tertiary/aromatic N) is 2. The molecule has 0 aliphatic heterocycles. The fourth-order valence-corrected chi connectivity index (χ4v) is 2.27. The van der Waals surface area contributed by atoms with Gasteiger partial charge >= 0.3 is 0 Å². The van der Waals surface area contributed by atoms with Crippen LogP contribution in [0.4, 0.5) is 4.39 Å². The van der Waals surface area contributed by atoms with Gasteiger partial charge in [0.05, 0.1) is 5.69 Å². The minimum Gasteiger partial charge on any atom is -0.307 e. The first-order chi connectivity index (χ1) is 7.74. The number of nitrogens with one attached hydrogen (secondary N) is 1. The molecule has 16 heavy (non-hydrogen) atoms. The van der Waals surface area contributed by atoms with Gasteiger partial charge in [-0.25, -0.2) is 4.39 Å². The predicted molar refractivity (Wildman–Crippen MR) is 64.6 cm³/mol. The van der Waals surface area contributed by atoms with Crippen LogP contribution in [0.2, 0.25) is 0 Å². The highest BCUT2D eigenvalue weighted by molar-refractivity contribution is 9.10. The third kappa shape index (κ3) is 3.33. The van der Waals surface area contributed by atoms with Gasteiger partial charge in [-0.1, -0.05) is 20.4 Å². The molecule has 0 aliphatic rings. The molecule has 0 amide bonds. The standard InChI is InChI=1S/C10H9BrFN3S/c11-8-1-7(2-9(12)3-8)4-13-5-10-6-16-15-14-10/h1-3,6,13H,4-5H2. The summed E-state index contributed by atoms with van der Waals surface area (Å²) in [5, 5.41) is 8.96. The van der Waals surface area contributed by atoms with E-state index in [0.717, 1.165) is 15.7 Å². The van der Waals surface area contributed by atoms with E-state index in [4.69, 9.17) is 0 Å². The second kappa shape index (κ2) is 5.47. The van der Waals surface area contributed by atoms with E-state index in [1.54, 1.807) is 0 Å². The van der Waals surface area contributed by atoms with Crippen LogP contribution in [0.3, 0.4) is 0 Å². The normalized spacial score (nSPS) is 10.6. The summed E-state index contributed by atoms with van der Waals surface area (Å²) in [5.74, 6) is -0.235. The highest BCUT2D eigenvalue weighted by Gasteiger charge is 2.00. The first kappa shape index (κ1) is 11.6. The van der Waals surface area contributed by atoms with Crippen LogP contribution >= 0.6 is 27.5 Å². The maximum absolute atomic E-state index is 13.1. The van der Waals surface area contributed by atoms with Gasteiger partial charge in [-0.15, -0.1) is 5.10 Å². The van der Waals surface area contributed by atoms with Crippen molar-refractivity contribution in [1.82, 2.24) is 14.9 Å². The summed E-state index contributed by atoms with van der Waals surface area (Å²) in [5.41, 5.74) is 1.80. The van der Waals surface area contributed by atoms with Crippen LogP contribution in [0.15, 0.2) is 28.1 Å². The van der Waals surface area contributed by atoms with Crippen molar-refractivity contribution in [2.75, 3.05) is 0 Å². The lowest BCUT2D eigenvalue weighted by Gasteiger charge is -2.03. The molecule has 2 rings (SSSR count). The molecule has 3 nitrogen and oxygen atoms in total. The van der Waals surface area contributed by atoms with Crippen molar-refractivity contribution in [2.45, 2.75) is 13.1 Å². The van der Waals surface area contributed by atoms with Crippen LogP contribution < -0.4 is 5.32 Å². The minimum absolute atomic E-state index is 0.235. The zero-order valence-corrected chi connectivity index (χ0v) is 10.7. The van der Waals surface area contributed by atoms with Crippen LogP contribution in [0.5, 0.6) is 0 Å².